The van der Waals surface area contributed by atoms with Crippen molar-refractivity contribution in [1.82, 2.24) is 29.6 Å². The van der Waals surface area contributed by atoms with E-state index in [9.17, 15) is 9.59 Å². The van der Waals surface area contributed by atoms with E-state index < -0.39 is 0 Å². The third-order valence-corrected chi connectivity index (χ3v) is 5.63. The molecular weight excluding hydrogens is 368 g/mol. The van der Waals surface area contributed by atoms with E-state index in [1.54, 1.807) is 28.0 Å². The number of hydrogen-bond donors (Lipinski definition) is 1. The molecule has 150 valence electrons. The quantitative estimate of drug-likeness (QED) is 0.735. The van der Waals surface area contributed by atoms with Crippen LogP contribution < -0.4 is 5.56 Å². The first kappa shape index (κ1) is 19.0. The van der Waals surface area contributed by atoms with E-state index in [2.05, 4.69) is 20.1 Å². The van der Waals surface area contributed by atoms with E-state index in [-0.39, 0.29) is 24.1 Å². The second-order valence-corrected chi connectivity index (χ2v) is 7.46. The van der Waals surface area contributed by atoms with Crippen LogP contribution in [-0.2, 0) is 11.3 Å². The zero-order chi connectivity index (χ0) is 20.5. The monoisotopic (exact) mass is 392 g/mol. The van der Waals surface area contributed by atoms with E-state index in [0.717, 1.165) is 35.4 Å². The summed E-state index contributed by atoms with van der Waals surface area (Å²) in [6.45, 7) is 6.75. The Morgan fingerprint density at radius 1 is 1.31 bits per heavy atom. The first-order valence-corrected chi connectivity index (χ1v) is 9.76. The number of carbonyl (C=O) groups is 1. The van der Waals surface area contributed by atoms with Gasteiger partial charge in [-0.25, -0.2) is 4.98 Å². The summed E-state index contributed by atoms with van der Waals surface area (Å²) in [6, 6.07) is 4.88. The first-order valence-electron chi connectivity index (χ1n) is 9.76. The molecule has 0 aliphatic carbocycles. The molecule has 8 nitrogen and oxygen atoms in total. The molecule has 0 radical (unpaired) electrons. The Hall–Kier alpha value is -3.29. The number of amides is 1. The average Bonchev–Trinajstić information content (AvgIpc) is 3.30. The van der Waals surface area contributed by atoms with Gasteiger partial charge in [-0.2, -0.15) is 5.10 Å². The molecule has 3 aromatic heterocycles. The highest BCUT2D eigenvalue weighted by atomic mass is 16.2. The van der Waals surface area contributed by atoms with Crippen LogP contribution in [-0.4, -0.2) is 42.1 Å². The van der Waals surface area contributed by atoms with Crippen LogP contribution >= 0.6 is 0 Å². The van der Waals surface area contributed by atoms with Gasteiger partial charge in [0, 0.05) is 36.3 Å². The van der Waals surface area contributed by atoms with Gasteiger partial charge in [-0.3, -0.25) is 19.3 Å². The Morgan fingerprint density at radius 2 is 2.14 bits per heavy atom. The van der Waals surface area contributed by atoms with Gasteiger partial charge in [-0.15, -0.1) is 0 Å². The standard InChI is InChI=1S/C21H24N6O2/c1-13-14(2)25-27(15(13)3)12-20(29)26-9-5-7-18(26)21-23-17(10-19(28)24-21)16-6-4-8-22-11-16/h4,6,8,10-11,18H,5,7,9,12H2,1-3H3,(H,23,24,28)/t18-/m1/s1. The second-order valence-electron chi connectivity index (χ2n) is 7.46. The van der Waals surface area contributed by atoms with Crippen LogP contribution in [0.25, 0.3) is 11.3 Å². The van der Waals surface area contributed by atoms with Crippen molar-refractivity contribution >= 4 is 5.91 Å². The molecule has 1 atom stereocenters. The summed E-state index contributed by atoms with van der Waals surface area (Å²) in [4.78, 5) is 38.7. The Morgan fingerprint density at radius 3 is 2.83 bits per heavy atom. The minimum absolute atomic E-state index is 0.0208. The highest BCUT2D eigenvalue weighted by Gasteiger charge is 2.32. The van der Waals surface area contributed by atoms with Gasteiger partial charge in [0.25, 0.3) is 5.56 Å². The fraction of sp³-hybridized carbons (Fsp3) is 0.381. The number of hydrogen-bond acceptors (Lipinski definition) is 5. The molecule has 4 heterocycles. The molecule has 29 heavy (non-hydrogen) atoms. The van der Waals surface area contributed by atoms with Crippen molar-refractivity contribution in [3.8, 4) is 11.3 Å². The molecule has 1 aliphatic heterocycles. The van der Waals surface area contributed by atoms with Crippen LogP contribution in [0.4, 0.5) is 0 Å². The van der Waals surface area contributed by atoms with Crippen molar-refractivity contribution in [3.05, 3.63) is 63.7 Å². The Balaban J connectivity index is 1.61. The summed E-state index contributed by atoms with van der Waals surface area (Å²) in [6.07, 6.45) is 4.98. The van der Waals surface area contributed by atoms with Crippen molar-refractivity contribution in [1.29, 1.82) is 0 Å². The number of pyridine rings is 1. The van der Waals surface area contributed by atoms with Crippen LogP contribution in [0.2, 0.25) is 0 Å². The maximum Gasteiger partial charge on any atom is 0.251 e. The fourth-order valence-electron chi connectivity index (χ4n) is 3.81. The van der Waals surface area contributed by atoms with Crippen LogP contribution in [0.5, 0.6) is 0 Å². The average molecular weight is 392 g/mol. The van der Waals surface area contributed by atoms with Crippen molar-refractivity contribution in [3.63, 3.8) is 0 Å². The van der Waals surface area contributed by atoms with E-state index >= 15 is 0 Å². The molecule has 8 heteroatoms. The van der Waals surface area contributed by atoms with E-state index in [0.29, 0.717) is 18.1 Å². The minimum atomic E-state index is -0.245. The molecule has 0 spiro atoms. The van der Waals surface area contributed by atoms with E-state index in [4.69, 9.17) is 0 Å². The molecule has 0 bridgehead atoms. The first-order chi connectivity index (χ1) is 13.9. The molecule has 1 saturated heterocycles. The molecule has 4 rings (SSSR count). The number of likely N-dealkylation sites (tertiary alicyclic amines) is 1. The van der Waals surface area contributed by atoms with Gasteiger partial charge in [-0.05, 0) is 51.3 Å². The third-order valence-electron chi connectivity index (χ3n) is 5.63. The predicted molar refractivity (Wildman–Crippen MR) is 108 cm³/mol. The van der Waals surface area contributed by atoms with Gasteiger partial charge in [0.15, 0.2) is 0 Å². The van der Waals surface area contributed by atoms with Crippen molar-refractivity contribution < 1.29 is 4.79 Å². The molecule has 1 amide bonds. The molecule has 1 fully saturated rings. The van der Waals surface area contributed by atoms with Crippen LogP contribution in [0, 0.1) is 20.8 Å². The Kier molecular flexibility index (Phi) is 5.00. The zero-order valence-electron chi connectivity index (χ0n) is 16.8. The number of aromatic nitrogens is 5. The number of aromatic amines is 1. The number of aryl methyl sites for hydroxylation is 1. The van der Waals surface area contributed by atoms with E-state index in [1.807, 2.05) is 26.8 Å². The SMILES string of the molecule is Cc1nn(CC(=O)N2CCC[C@@H]2c2nc(-c3cccnc3)cc(=O)[nH]2)c(C)c1C. The summed E-state index contributed by atoms with van der Waals surface area (Å²) in [5.41, 5.74) is 4.13. The lowest BCUT2D eigenvalue weighted by atomic mass is 10.1. The molecular formula is C21H24N6O2. The second kappa shape index (κ2) is 7.62. The molecule has 1 aliphatic rings. The lowest BCUT2D eigenvalue weighted by Crippen LogP contribution is -2.35. The highest BCUT2D eigenvalue weighted by molar-refractivity contribution is 5.76. The zero-order valence-corrected chi connectivity index (χ0v) is 16.8. The highest BCUT2D eigenvalue weighted by Crippen LogP contribution is 2.30. The number of nitrogens with one attached hydrogen (secondary N) is 1. The van der Waals surface area contributed by atoms with Gasteiger partial charge < -0.3 is 9.88 Å². The van der Waals surface area contributed by atoms with Gasteiger partial charge in [-0.1, -0.05) is 0 Å². The predicted octanol–water partition coefficient (Wildman–Crippen LogP) is 2.32. The summed E-state index contributed by atoms with van der Waals surface area (Å²) >= 11 is 0. The maximum absolute atomic E-state index is 13.0. The minimum Gasteiger partial charge on any atom is -0.331 e. The summed E-state index contributed by atoms with van der Waals surface area (Å²) in [7, 11) is 0. The molecule has 0 unspecified atom stereocenters. The third kappa shape index (κ3) is 3.70. The molecule has 1 N–H and O–H groups in total. The largest absolute Gasteiger partial charge is 0.331 e. The van der Waals surface area contributed by atoms with Gasteiger partial charge in [0.1, 0.15) is 12.4 Å². The van der Waals surface area contributed by atoms with Crippen molar-refractivity contribution in [2.24, 2.45) is 0 Å². The molecule has 0 saturated carbocycles. The normalized spacial score (nSPS) is 16.4. The van der Waals surface area contributed by atoms with Gasteiger partial charge in [0.2, 0.25) is 5.91 Å². The van der Waals surface area contributed by atoms with Gasteiger partial charge in [0.05, 0.1) is 17.4 Å². The molecule has 0 aromatic carbocycles. The van der Waals surface area contributed by atoms with Gasteiger partial charge >= 0.3 is 0 Å². The van der Waals surface area contributed by atoms with Crippen LogP contribution in [0.1, 0.15) is 41.7 Å². The van der Waals surface area contributed by atoms with Crippen molar-refractivity contribution in [2.45, 2.75) is 46.2 Å². The summed E-state index contributed by atoms with van der Waals surface area (Å²) < 4.78 is 1.75. The molecule has 3 aromatic rings. The number of H-pyrrole nitrogens is 1. The lowest BCUT2D eigenvalue weighted by Gasteiger charge is -2.24. The number of rotatable bonds is 4. The Labute approximate surface area is 168 Å². The number of nitrogens with zero attached hydrogens (tertiary/aromatic N) is 5. The fourth-order valence-corrected chi connectivity index (χ4v) is 3.81. The van der Waals surface area contributed by atoms with E-state index in [1.165, 1.54) is 6.07 Å². The number of carbonyl (C=O) groups excluding carboxylic acids is 1. The topological polar surface area (TPSA) is 96.8 Å². The van der Waals surface area contributed by atoms with Crippen LogP contribution in [0.3, 0.4) is 0 Å². The van der Waals surface area contributed by atoms with Crippen molar-refractivity contribution in [2.75, 3.05) is 6.54 Å². The Bertz CT molecular complexity index is 1100. The smallest absolute Gasteiger partial charge is 0.251 e. The maximum atomic E-state index is 13.0. The summed E-state index contributed by atoms with van der Waals surface area (Å²) in [5, 5.41) is 4.48. The lowest BCUT2D eigenvalue weighted by molar-refractivity contribution is -0.133. The summed E-state index contributed by atoms with van der Waals surface area (Å²) in [5.74, 6) is 0.499. The van der Waals surface area contributed by atoms with Crippen LogP contribution in [0.15, 0.2) is 35.4 Å².